The second-order valence-corrected chi connectivity index (χ2v) is 9.44. The first kappa shape index (κ1) is 22.8. The average molecular weight is 471 g/mol. The maximum absolute atomic E-state index is 13.4. The first-order valence-electron chi connectivity index (χ1n) is 10.2. The number of rotatable bonds is 6. The van der Waals surface area contributed by atoms with E-state index >= 15 is 0 Å². The highest BCUT2D eigenvalue weighted by Crippen LogP contribution is 2.32. The molecule has 0 fully saturated rings. The Balaban J connectivity index is 1.69. The summed E-state index contributed by atoms with van der Waals surface area (Å²) in [4.78, 5) is 13.2. The summed E-state index contributed by atoms with van der Waals surface area (Å²) in [7, 11) is -1.08. The lowest BCUT2D eigenvalue weighted by molar-refractivity contribution is -0.120. The number of methoxy groups -OCH3 is 2. The monoisotopic (exact) mass is 470 g/mol. The van der Waals surface area contributed by atoms with Crippen LogP contribution in [0.4, 0.5) is 10.1 Å². The minimum Gasteiger partial charge on any atom is -0.493 e. The van der Waals surface area contributed by atoms with Crippen LogP contribution in [0.2, 0.25) is 0 Å². The van der Waals surface area contributed by atoms with Gasteiger partial charge in [-0.2, -0.15) is 4.31 Å². The molecule has 9 heteroatoms. The number of carbonyl (C=O) groups is 1. The number of hydrogen-bond donors (Lipinski definition) is 1. The van der Waals surface area contributed by atoms with Crippen LogP contribution in [0.3, 0.4) is 0 Å². The minimum atomic E-state index is -4.07. The summed E-state index contributed by atoms with van der Waals surface area (Å²) in [6.07, 6.45) is 0.204. The predicted octanol–water partition coefficient (Wildman–Crippen LogP) is 3.60. The van der Waals surface area contributed by atoms with E-state index in [1.807, 2.05) is 24.3 Å². The van der Waals surface area contributed by atoms with Crippen molar-refractivity contribution in [3.8, 4) is 11.5 Å². The van der Waals surface area contributed by atoms with Gasteiger partial charge in [-0.15, -0.1) is 0 Å². The van der Waals surface area contributed by atoms with Crippen molar-refractivity contribution >= 4 is 21.6 Å². The Hall–Kier alpha value is -3.43. The van der Waals surface area contributed by atoms with E-state index in [-0.39, 0.29) is 17.9 Å². The SMILES string of the molecule is COc1ccc(NC(=O)[C@H]2Cc3ccccc3CN2S(=O)(=O)c2ccc(F)cc2)cc1OC. The molecule has 3 aromatic carbocycles. The van der Waals surface area contributed by atoms with Gasteiger partial charge in [-0.25, -0.2) is 12.8 Å². The molecule has 1 heterocycles. The van der Waals surface area contributed by atoms with Crippen LogP contribution in [0.1, 0.15) is 11.1 Å². The van der Waals surface area contributed by atoms with Gasteiger partial charge in [-0.3, -0.25) is 4.79 Å². The molecule has 33 heavy (non-hydrogen) atoms. The van der Waals surface area contributed by atoms with Crippen LogP contribution in [0.15, 0.2) is 71.6 Å². The largest absolute Gasteiger partial charge is 0.493 e. The van der Waals surface area contributed by atoms with Crippen molar-refractivity contribution in [1.29, 1.82) is 0 Å². The van der Waals surface area contributed by atoms with Crippen LogP contribution in [0, 0.1) is 5.82 Å². The van der Waals surface area contributed by atoms with Crippen molar-refractivity contribution in [2.24, 2.45) is 0 Å². The van der Waals surface area contributed by atoms with Gasteiger partial charge in [0.2, 0.25) is 15.9 Å². The Morgan fingerprint density at radius 3 is 2.30 bits per heavy atom. The van der Waals surface area contributed by atoms with Gasteiger partial charge in [0.1, 0.15) is 11.9 Å². The fraction of sp³-hybridized carbons (Fsp3) is 0.208. The highest BCUT2D eigenvalue weighted by Gasteiger charge is 2.39. The number of ether oxygens (including phenoxy) is 2. The van der Waals surface area contributed by atoms with Crippen LogP contribution in [-0.2, 0) is 27.8 Å². The third kappa shape index (κ3) is 4.55. The summed E-state index contributed by atoms with van der Waals surface area (Å²) in [5.41, 5.74) is 2.16. The van der Waals surface area contributed by atoms with Crippen molar-refractivity contribution in [2.75, 3.05) is 19.5 Å². The topological polar surface area (TPSA) is 84.9 Å². The summed E-state index contributed by atoms with van der Waals surface area (Å²) >= 11 is 0. The van der Waals surface area contributed by atoms with E-state index in [4.69, 9.17) is 9.47 Å². The molecule has 0 saturated heterocycles. The molecule has 0 radical (unpaired) electrons. The minimum absolute atomic E-state index is 0.0277. The molecule has 1 amide bonds. The fourth-order valence-corrected chi connectivity index (χ4v) is 5.42. The summed E-state index contributed by atoms with van der Waals surface area (Å²) in [5, 5.41) is 2.79. The van der Waals surface area contributed by atoms with Gasteiger partial charge < -0.3 is 14.8 Å². The summed E-state index contributed by atoms with van der Waals surface area (Å²) in [6.45, 7) is 0.0277. The molecular weight excluding hydrogens is 447 g/mol. The lowest BCUT2D eigenvalue weighted by Crippen LogP contribution is -2.50. The van der Waals surface area contributed by atoms with Crippen molar-refractivity contribution in [1.82, 2.24) is 4.31 Å². The molecular formula is C24H23FN2O5S. The molecule has 0 spiro atoms. The summed E-state index contributed by atoms with van der Waals surface area (Å²) < 4.78 is 51.9. The van der Waals surface area contributed by atoms with Crippen molar-refractivity contribution in [3.63, 3.8) is 0 Å². The average Bonchev–Trinajstić information content (AvgIpc) is 2.83. The third-order valence-corrected chi connectivity index (χ3v) is 7.45. The van der Waals surface area contributed by atoms with E-state index in [1.165, 1.54) is 30.7 Å². The quantitative estimate of drug-likeness (QED) is 0.595. The van der Waals surface area contributed by atoms with Crippen LogP contribution in [-0.4, -0.2) is 38.9 Å². The maximum Gasteiger partial charge on any atom is 0.244 e. The number of halogens is 1. The van der Waals surface area contributed by atoms with Crippen LogP contribution >= 0.6 is 0 Å². The molecule has 172 valence electrons. The van der Waals surface area contributed by atoms with E-state index in [0.717, 1.165) is 23.3 Å². The molecule has 3 aromatic rings. The second kappa shape index (κ2) is 9.21. The van der Waals surface area contributed by atoms with Crippen molar-refractivity contribution in [3.05, 3.63) is 83.7 Å². The standard InChI is InChI=1S/C24H23FN2O5S/c1-31-22-12-9-19(14-23(22)32-2)26-24(28)21-13-16-5-3-4-6-17(16)15-27(21)33(29,30)20-10-7-18(25)8-11-20/h3-12,14,21H,13,15H2,1-2H3,(H,26,28)/t21-/m1/s1. The lowest BCUT2D eigenvalue weighted by atomic mass is 9.95. The Morgan fingerprint density at radius 1 is 0.970 bits per heavy atom. The van der Waals surface area contributed by atoms with Crippen LogP contribution in [0.5, 0.6) is 11.5 Å². The Kier molecular flexibility index (Phi) is 6.35. The van der Waals surface area contributed by atoms with Gasteiger partial charge in [0.05, 0.1) is 19.1 Å². The van der Waals surface area contributed by atoms with Gasteiger partial charge in [0, 0.05) is 18.3 Å². The first-order chi connectivity index (χ1) is 15.8. The van der Waals surface area contributed by atoms with E-state index in [0.29, 0.717) is 17.2 Å². The number of sulfonamides is 1. The zero-order chi connectivity index (χ0) is 23.6. The first-order valence-corrected chi connectivity index (χ1v) is 11.6. The number of fused-ring (bicyclic) bond motifs is 1. The number of amides is 1. The maximum atomic E-state index is 13.4. The third-order valence-electron chi connectivity index (χ3n) is 5.58. The van der Waals surface area contributed by atoms with Gasteiger partial charge in [-0.1, -0.05) is 24.3 Å². The molecule has 1 atom stereocenters. The zero-order valence-electron chi connectivity index (χ0n) is 18.1. The number of nitrogens with zero attached hydrogens (tertiary/aromatic N) is 1. The van der Waals surface area contributed by atoms with Crippen molar-refractivity contribution in [2.45, 2.75) is 23.9 Å². The zero-order valence-corrected chi connectivity index (χ0v) is 18.9. The van der Waals surface area contributed by atoms with E-state index in [9.17, 15) is 17.6 Å². The highest BCUT2D eigenvalue weighted by molar-refractivity contribution is 7.89. The predicted molar refractivity (Wildman–Crippen MR) is 121 cm³/mol. The number of nitrogens with one attached hydrogen (secondary N) is 1. The summed E-state index contributed by atoms with van der Waals surface area (Å²) in [5.74, 6) is -0.0919. The molecule has 1 aliphatic heterocycles. The van der Waals surface area contributed by atoms with Gasteiger partial charge in [0.15, 0.2) is 11.5 Å². The van der Waals surface area contributed by atoms with Gasteiger partial charge in [0.25, 0.3) is 0 Å². The Labute approximate surface area is 191 Å². The number of carbonyl (C=O) groups excluding carboxylic acids is 1. The fourth-order valence-electron chi connectivity index (χ4n) is 3.86. The molecule has 7 nitrogen and oxygen atoms in total. The molecule has 4 rings (SSSR count). The van der Waals surface area contributed by atoms with Crippen LogP contribution < -0.4 is 14.8 Å². The molecule has 0 unspecified atom stereocenters. The smallest absolute Gasteiger partial charge is 0.244 e. The Morgan fingerprint density at radius 2 is 1.64 bits per heavy atom. The van der Waals surface area contributed by atoms with Gasteiger partial charge >= 0.3 is 0 Å². The number of hydrogen-bond acceptors (Lipinski definition) is 5. The van der Waals surface area contributed by atoms with Crippen molar-refractivity contribution < 1.29 is 27.1 Å². The Bertz CT molecular complexity index is 1280. The molecule has 0 aromatic heterocycles. The van der Waals surface area contributed by atoms with E-state index in [1.54, 1.807) is 18.2 Å². The highest BCUT2D eigenvalue weighted by atomic mass is 32.2. The molecule has 1 aliphatic rings. The van der Waals surface area contributed by atoms with Crippen LogP contribution in [0.25, 0.3) is 0 Å². The molecule has 1 N–H and O–H groups in total. The molecule has 0 bridgehead atoms. The normalized spacial score (nSPS) is 16.0. The number of anilines is 1. The second-order valence-electron chi connectivity index (χ2n) is 7.55. The van der Waals surface area contributed by atoms with Gasteiger partial charge in [-0.05, 0) is 53.9 Å². The van der Waals surface area contributed by atoms with E-state index in [2.05, 4.69) is 5.32 Å². The molecule has 0 saturated carbocycles. The molecule has 0 aliphatic carbocycles. The summed E-state index contributed by atoms with van der Waals surface area (Å²) in [6, 6.07) is 15.9. The lowest BCUT2D eigenvalue weighted by Gasteiger charge is -2.35. The van der Waals surface area contributed by atoms with E-state index < -0.39 is 27.8 Å². The number of benzene rings is 3.